The zero-order chi connectivity index (χ0) is 10.7. The van der Waals surface area contributed by atoms with Crippen LogP contribution in [0.2, 0.25) is 5.02 Å². The lowest BCUT2D eigenvalue weighted by atomic mass is 10.2. The first-order valence-corrected chi connectivity index (χ1v) is 4.17. The zero-order valence-electron chi connectivity index (χ0n) is 7.33. The number of hydrogen-bond acceptors (Lipinski definition) is 3. The molecule has 0 saturated carbocycles. The molecule has 0 bridgehead atoms. The van der Waals surface area contributed by atoms with Gasteiger partial charge in [0, 0.05) is 6.92 Å². The first-order valence-electron chi connectivity index (χ1n) is 3.79. The molecule has 1 amide bonds. The fraction of sp³-hybridized carbons (Fsp3) is 0.111. The number of carbonyl (C=O) groups is 2. The highest BCUT2D eigenvalue weighted by Crippen LogP contribution is 2.22. The molecule has 4 nitrogen and oxygen atoms in total. The number of carboxylic acid groups (broad SMARTS) is 1. The Morgan fingerprint density at radius 2 is 2.07 bits per heavy atom. The van der Waals surface area contributed by atoms with Gasteiger partial charge in [-0.2, -0.15) is 0 Å². The minimum atomic E-state index is -1.30. The topological polar surface area (TPSA) is 69.2 Å². The van der Waals surface area contributed by atoms with Gasteiger partial charge in [0.05, 0.1) is 16.7 Å². The van der Waals surface area contributed by atoms with E-state index in [-0.39, 0.29) is 16.5 Å². The van der Waals surface area contributed by atoms with Crippen LogP contribution in [0.25, 0.3) is 0 Å². The Bertz CT molecular complexity index is 390. The maximum absolute atomic E-state index is 10.7. The van der Waals surface area contributed by atoms with E-state index in [0.29, 0.717) is 5.69 Å². The van der Waals surface area contributed by atoms with Gasteiger partial charge in [-0.25, -0.2) is 0 Å². The summed E-state index contributed by atoms with van der Waals surface area (Å²) in [4.78, 5) is 21.1. The van der Waals surface area contributed by atoms with E-state index in [9.17, 15) is 14.7 Å². The second-order valence-electron chi connectivity index (χ2n) is 2.66. The highest BCUT2D eigenvalue weighted by Gasteiger charge is 2.03. The summed E-state index contributed by atoms with van der Waals surface area (Å²) in [6.45, 7) is 1.34. The molecule has 5 heteroatoms. The molecule has 0 saturated heterocycles. The molecule has 0 unspecified atom stereocenters. The summed E-state index contributed by atoms with van der Waals surface area (Å²) < 4.78 is 0. The number of rotatable bonds is 2. The van der Waals surface area contributed by atoms with Gasteiger partial charge in [-0.3, -0.25) is 4.79 Å². The Labute approximate surface area is 85.5 Å². The fourth-order valence-electron chi connectivity index (χ4n) is 0.933. The molecule has 0 atom stereocenters. The van der Waals surface area contributed by atoms with Gasteiger partial charge >= 0.3 is 0 Å². The molecule has 1 rings (SSSR count). The second-order valence-corrected chi connectivity index (χ2v) is 3.07. The predicted molar refractivity (Wildman–Crippen MR) is 50.1 cm³/mol. The first-order chi connectivity index (χ1) is 6.50. The van der Waals surface area contributed by atoms with Crippen LogP contribution in [0.5, 0.6) is 0 Å². The van der Waals surface area contributed by atoms with E-state index in [1.807, 2.05) is 0 Å². The monoisotopic (exact) mass is 212 g/mol. The van der Waals surface area contributed by atoms with Crippen molar-refractivity contribution < 1.29 is 14.7 Å². The van der Waals surface area contributed by atoms with Crippen LogP contribution in [0.3, 0.4) is 0 Å². The highest BCUT2D eigenvalue weighted by molar-refractivity contribution is 6.34. The molecule has 0 spiro atoms. The van der Waals surface area contributed by atoms with Crippen molar-refractivity contribution in [1.82, 2.24) is 0 Å². The first kappa shape index (κ1) is 10.5. The number of halogens is 1. The van der Waals surface area contributed by atoms with E-state index >= 15 is 0 Å². The van der Waals surface area contributed by atoms with Gasteiger partial charge in [-0.05, 0) is 17.7 Å². The number of nitrogens with one attached hydrogen (secondary N) is 1. The summed E-state index contributed by atoms with van der Waals surface area (Å²) in [5, 5.41) is 13.1. The molecule has 0 aliphatic heterocycles. The third-order valence-corrected chi connectivity index (χ3v) is 1.83. The van der Waals surface area contributed by atoms with Crippen LogP contribution < -0.4 is 10.4 Å². The third-order valence-electron chi connectivity index (χ3n) is 1.52. The van der Waals surface area contributed by atoms with Crippen molar-refractivity contribution in [3.8, 4) is 0 Å². The summed E-state index contributed by atoms with van der Waals surface area (Å²) in [6.07, 6.45) is 0. The quantitative estimate of drug-likeness (QED) is 0.783. The predicted octanol–water partition coefficient (Wildman–Crippen LogP) is 0.662. The molecule has 0 fully saturated rings. The molecule has 74 valence electrons. The molecule has 0 radical (unpaired) electrons. The number of carbonyl (C=O) groups excluding carboxylic acids is 2. The molecule has 14 heavy (non-hydrogen) atoms. The molecular weight excluding hydrogens is 206 g/mol. The lowest BCUT2D eigenvalue weighted by molar-refractivity contribution is -0.255. The van der Waals surface area contributed by atoms with E-state index in [0.717, 1.165) is 0 Å². The molecule has 1 N–H and O–H groups in total. The molecule has 0 aliphatic carbocycles. The van der Waals surface area contributed by atoms with Crippen molar-refractivity contribution in [2.24, 2.45) is 0 Å². The van der Waals surface area contributed by atoms with E-state index in [2.05, 4.69) is 5.32 Å². The number of benzene rings is 1. The van der Waals surface area contributed by atoms with Crippen LogP contribution in [0.1, 0.15) is 17.3 Å². The zero-order valence-corrected chi connectivity index (χ0v) is 8.09. The summed E-state index contributed by atoms with van der Waals surface area (Å²) in [7, 11) is 0. The SMILES string of the molecule is CC(=O)Nc1ccc(C(=O)[O-])cc1Cl. The van der Waals surface area contributed by atoms with Crippen molar-refractivity contribution >= 4 is 29.2 Å². The summed E-state index contributed by atoms with van der Waals surface area (Å²) in [6, 6.07) is 3.95. The molecule has 1 aromatic rings. The third kappa shape index (κ3) is 2.47. The van der Waals surface area contributed by atoms with Gasteiger partial charge < -0.3 is 15.2 Å². The Morgan fingerprint density at radius 1 is 1.43 bits per heavy atom. The summed E-state index contributed by atoms with van der Waals surface area (Å²) >= 11 is 5.71. The van der Waals surface area contributed by atoms with Crippen LogP contribution in [-0.2, 0) is 4.79 Å². The molecule has 0 aromatic heterocycles. The average Bonchev–Trinajstić information content (AvgIpc) is 2.07. The van der Waals surface area contributed by atoms with E-state index < -0.39 is 5.97 Å². The Morgan fingerprint density at radius 3 is 2.50 bits per heavy atom. The van der Waals surface area contributed by atoms with E-state index in [1.54, 1.807) is 0 Å². The fourth-order valence-corrected chi connectivity index (χ4v) is 1.16. The minimum absolute atomic E-state index is 0.0240. The van der Waals surface area contributed by atoms with Crippen molar-refractivity contribution in [2.45, 2.75) is 6.92 Å². The van der Waals surface area contributed by atoms with Gasteiger partial charge in [0.25, 0.3) is 0 Å². The molecule has 0 aliphatic rings. The van der Waals surface area contributed by atoms with Crippen molar-refractivity contribution in [1.29, 1.82) is 0 Å². The Kier molecular flexibility index (Phi) is 3.09. The van der Waals surface area contributed by atoms with E-state index in [4.69, 9.17) is 11.6 Å². The Balaban J connectivity index is 3.01. The van der Waals surface area contributed by atoms with Crippen LogP contribution in [0, 0.1) is 0 Å². The second kappa shape index (κ2) is 4.11. The van der Waals surface area contributed by atoms with E-state index in [1.165, 1.54) is 25.1 Å². The largest absolute Gasteiger partial charge is 0.545 e. The lowest BCUT2D eigenvalue weighted by Crippen LogP contribution is -2.22. The number of carboxylic acids is 1. The van der Waals surface area contributed by atoms with Crippen molar-refractivity contribution in [3.63, 3.8) is 0 Å². The molecule has 1 aromatic carbocycles. The highest BCUT2D eigenvalue weighted by atomic mass is 35.5. The van der Waals surface area contributed by atoms with Crippen LogP contribution >= 0.6 is 11.6 Å². The van der Waals surface area contributed by atoms with Gasteiger partial charge in [-0.1, -0.05) is 17.7 Å². The number of amides is 1. The number of hydrogen-bond donors (Lipinski definition) is 1. The maximum atomic E-state index is 10.7. The van der Waals surface area contributed by atoms with Gasteiger partial charge in [0.15, 0.2) is 0 Å². The van der Waals surface area contributed by atoms with Crippen molar-refractivity contribution in [3.05, 3.63) is 28.8 Å². The van der Waals surface area contributed by atoms with Gasteiger partial charge in [0.2, 0.25) is 5.91 Å². The Hall–Kier alpha value is -1.55. The molecule has 0 heterocycles. The summed E-state index contributed by atoms with van der Waals surface area (Å²) in [5.41, 5.74) is 0.355. The number of aromatic carboxylic acids is 1. The van der Waals surface area contributed by atoms with Crippen LogP contribution in [0.15, 0.2) is 18.2 Å². The average molecular weight is 213 g/mol. The van der Waals surface area contributed by atoms with Gasteiger partial charge in [0.1, 0.15) is 0 Å². The van der Waals surface area contributed by atoms with Gasteiger partial charge in [-0.15, -0.1) is 0 Å². The van der Waals surface area contributed by atoms with Crippen LogP contribution in [-0.4, -0.2) is 11.9 Å². The van der Waals surface area contributed by atoms with Crippen LogP contribution in [0.4, 0.5) is 5.69 Å². The lowest BCUT2D eigenvalue weighted by Gasteiger charge is -2.07. The smallest absolute Gasteiger partial charge is 0.221 e. The standard InChI is InChI=1S/C9H8ClNO3/c1-5(12)11-8-3-2-6(9(13)14)4-7(8)10/h2-4H,1H3,(H,11,12)(H,13,14)/p-1. The maximum Gasteiger partial charge on any atom is 0.221 e. The molecular formula is C9H7ClNO3-. The minimum Gasteiger partial charge on any atom is -0.545 e. The number of anilines is 1. The normalized spacial score (nSPS) is 9.57. The summed E-state index contributed by atoms with van der Waals surface area (Å²) in [5.74, 6) is -1.57. The van der Waals surface area contributed by atoms with Crippen molar-refractivity contribution in [2.75, 3.05) is 5.32 Å².